The fraction of sp³-hybridized carbons (Fsp3) is 0.143. The largest absolute Gasteiger partial charge is 0.271 e. The lowest BCUT2D eigenvalue weighted by Crippen LogP contribution is -2.40. The molecule has 6 aromatic carbocycles. The molecule has 45 heavy (non-hydrogen) atoms. The fourth-order valence-electron chi connectivity index (χ4n) is 7.51. The third-order valence-corrected chi connectivity index (χ3v) is 9.53. The number of benzene rings is 6. The fourth-order valence-corrected chi connectivity index (χ4v) is 7.51. The van der Waals surface area contributed by atoms with E-state index in [1.807, 2.05) is 36.4 Å². The van der Waals surface area contributed by atoms with Crippen molar-refractivity contribution in [3.8, 4) is 44.5 Å². The van der Waals surface area contributed by atoms with Gasteiger partial charge >= 0.3 is 0 Å². The molecule has 0 unspecified atom stereocenters. The Morgan fingerprint density at radius 2 is 0.756 bits per heavy atom. The Kier molecular flexibility index (Phi) is 6.87. The third kappa shape index (κ3) is 4.58. The van der Waals surface area contributed by atoms with Crippen molar-refractivity contribution in [2.45, 2.75) is 38.1 Å². The molecule has 0 aromatic heterocycles. The Bertz CT molecular complexity index is 1900. The van der Waals surface area contributed by atoms with E-state index in [1.54, 1.807) is 4.90 Å². The van der Waals surface area contributed by atoms with Gasteiger partial charge in [-0.2, -0.15) is 0 Å². The average Bonchev–Trinajstić information content (AvgIpc) is 3.36. The number of carbonyl (C=O) groups is 2. The van der Waals surface area contributed by atoms with Gasteiger partial charge in [0.05, 0.1) is 11.1 Å². The molecule has 0 saturated heterocycles. The molecule has 1 saturated carbocycles. The first-order valence-corrected chi connectivity index (χ1v) is 16.0. The maximum absolute atomic E-state index is 14.1. The zero-order chi connectivity index (χ0) is 30.3. The second-order valence-electron chi connectivity index (χ2n) is 12.2. The van der Waals surface area contributed by atoms with Crippen molar-refractivity contribution < 1.29 is 9.59 Å². The van der Waals surface area contributed by atoms with Gasteiger partial charge < -0.3 is 0 Å². The Morgan fingerprint density at radius 1 is 0.422 bits per heavy atom. The minimum atomic E-state index is -0.155. The van der Waals surface area contributed by atoms with Crippen LogP contribution in [0.15, 0.2) is 133 Å². The summed E-state index contributed by atoms with van der Waals surface area (Å²) in [4.78, 5) is 29.8. The third-order valence-electron chi connectivity index (χ3n) is 9.53. The van der Waals surface area contributed by atoms with Gasteiger partial charge in [0.15, 0.2) is 0 Å². The molecule has 8 rings (SSSR count). The summed E-state index contributed by atoms with van der Waals surface area (Å²) in [6, 6.07) is 46.0. The van der Waals surface area contributed by atoms with E-state index in [1.165, 1.54) is 0 Å². The molecule has 0 N–H and O–H groups in total. The first-order chi connectivity index (χ1) is 22.2. The Morgan fingerprint density at radius 3 is 1.11 bits per heavy atom. The van der Waals surface area contributed by atoms with Gasteiger partial charge in [0.1, 0.15) is 0 Å². The molecule has 3 heteroatoms. The smallest absolute Gasteiger partial charge is 0.261 e. The first kappa shape index (κ1) is 27.3. The van der Waals surface area contributed by atoms with Crippen LogP contribution in [0.2, 0.25) is 0 Å². The van der Waals surface area contributed by atoms with Crippen molar-refractivity contribution in [2.24, 2.45) is 0 Å². The van der Waals surface area contributed by atoms with Crippen molar-refractivity contribution in [1.82, 2.24) is 4.90 Å². The van der Waals surface area contributed by atoms with Crippen molar-refractivity contribution in [3.63, 3.8) is 0 Å². The molecule has 1 fully saturated rings. The average molecular weight is 584 g/mol. The summed E-state index contributed by atoms with van der Waals surface area (Å²) in [5.41, 5.74) is 9.71. The summed E-state index contributed by atoms with van der Waals surface area (Å²) in [5.74, 6) is -0.310. The van der Waals surface area contributed by atoms with Crippen molar-refractivity contribution in [1.29, 1.82) is 0 Å². The lowest BCUT2D eigenvalue weighted by molar-refractivity contribution is 0.0549. The van der Waals surface area contributed by atoms with Gasteiger partial charge in [-0.25, -0.2) is 0 Å². The zero-order valence-electron chi connectivity index (χ0n) is 25.1. The van der Waals surface area contributed by atoms with Crippen LogP contribution in [0.5, 0.6) is 0 Å². The van der Waals surface area contributed by atoms with Gasteiger partial charge in [0, 0.05) is 6.04 Å². The normalized spacial score (nSPS) is 15.1. The van der Waals surface area contributed by atoms with Crippen LogP contribution < -0.4 is 0 Å². The summed E-state index contributed by atoms with van der Waals surface area (Å²) in [5, 5.41) is 1.95. The van der Waals surface area contributed by atoms with E-state index in [0.717, 1.165) is 87.4 Å². The summed E-state index contributed by atoms with van der Waals surface area (Å²) in [6.07, 6.45) is 5.03. The quantitative estimate of drug-likeness (QED) is 0.189. The number of imide groups is 1. The highest BCUT2D eigenvalue weighted by Gasteiger charge is 2.41. The van der Waals surface area contributed by atoms with E-state index in [4.69, 9.17) is 0 Å². The topological polar surface area (TPSA) is 37.4 Å². The molecule has 1 aliphatic carbocycles. The highest BCUT2D eigenvalue weighted by Crippen LogP contribution is 2.51. The molecule has 1 aliphatic heterocycles. The molecule has 0 atom stereocenters. The molecular formula is C42H33NO2. The predicted molar refractivity (Wildman–Crippen MR) is 183 cm³/mol. The van der Waals surface area contributed by atoms with Crippen molar-refractivity contribution >= 4 is 22.6 Å². The Hall–Kier alpha value is -5.28. The van der Waals surface area contributed by atoms with Crippen LogP contribution in [0.1, 0.15) is 52.8 Å². The van der Waals surface area contributed by atoms with Crippen LogP contribution in [0.3, 0.4) is 0 Å². The summed E-state index contributed by atoms with van der Waals surface area (Å²) in [6.45, 7) is 0. The summed E-state index contributed by atoms with van der Waals surface area (Å²) >= 11 is 0. The molecule has 0 bridgehead atoms. The van der Waals surface area contributed by atoms with E-state index < -0.39 is 0 Å². The number of rotatable bonds is 5. The molecule has 3 nitrogen and oxygen atoms in total. The Labute approximate surface area is 263 Å². The van der Waals surface area contributed by atoms with Crippen LogP contribution in [0.4, 0.5) is 0 Å². The number of hydrogen-bond donors (Lipinski definition) is 0. The van der Waals surface area contributed by atoms with Crippen LogP contribution in [-0.2, 0) is 0 Å². The lowest BCUT2D eigenvalue weighted by Gasteiger charge is -2.29. The Balaban J connectivity index is 1.55. The number of fused-ring (bicyclic) bond motifs is 2. The second kappa shape index (κ2) is 11.3. The van der Waals surface area contributed by atoms with E-state index in [9.17, 15) is 9.59 Å². The summed E-state index contributed by atoms with van der Waals surface area (Å²) < 4.78 is 0. The molecule has 0 radical (unpaired) electrons. The predicted octanol–water partition coefficient (Wildman–Crippen LogP) is 10.4. The maximum atomic E-state index is 14.1. The highest BCUT2D eigenvalue weighted by molar-refractivity contribution is 6.27. The van der Waals surface area contributed by atoms with Crippen LogP contribution in [-0.4, -0.2) is 22.8 Å². The van der Waals surface area contributed by atoms with Crippen molar-refractivity contribution in [2.75, 3.05) is 0 Å². The molecule has 6 aromatic rings. The second-order valence-corrected chi connectivity index (χ2v) is 12.2. The standard InChI is InChI=1S/C42H33NO2/c44-41-35-26-33-34(27-36(35)42(45)43(41)32-24-14-5-15-25-32)38(29-18-8-2-9-19-29)40(31-22-12-4-13-23-31)39(30-20-10-3-11-21-30)37(33)28-16-6-1-7-17-28/h1-4,6-13,16-23,26-27,32H,5,14-15,24-25H2. The highest BCUT2D eigenvalue weighted by atomic mass is 16.2. The van der Waals surface area contributed by atoms with Gasteiger partial charge in [-0.3, -0.25) is 14.5 Å². The number of carbonyl (C=O) groups excluding carboxylic acids is 2. The van der Waals surface area contributed by atoms with Crippen LogP contribution in [0, 0.1) is 0 Å². The van der Waals surface area contributed by atoms with Crippen LogP contribution in [0.25, 0.3) is 55.3 Å². The number of nitrogens with zero attached hydrogens (tertiary/aromatic N) is 1. The SMILES string of the molecule is O=C1c2cc3c(-c4ccccc4)c(-c4ccccc4)c(-c4ccccc4)c(-c4ccccc4)c3cc2C(=O)N1C1CCCCC1. The minimum absolute atomic E-state index is 0.0313. The van der Waals surface area contributed by atoms with Gasteiger partial charge in [0.2, 0.25) is 0 Å². The van der Waals surface area contributed by atoms with Gasteiger partial charge in [-0.05, 0) is 80.3 Å². The molecule has 218 valence electrons. The molecule has 0 spiro atoms. The number of hydrogen-bond acceptors (Lipinski definition) is 2. The number of amides is 2. The maximum Gasteiger partial charge on any atom is 0.261 e. The van der Waals surface area contributed by atoms with E-state index >= 15 is 0 Å². The molecule has 2 aliphatic rings. The van der Waals surface area contributed by atoms with E-state index in [0.29, 0.717) is 11.1 Å². The van der Waals surface area contributed by atoms with E-state index in [-0.39, 0.29) is 17.9 Å². The molecule has 1 heterocycles. The van der Waals surface area contributed by atoms with Gasteiger partial charge in [-0.15, -0.1) is 0 Å². The monoisotopic (exact) mass is 583 g/mol. The van der Waals surface area contributed by atoms with Gasteiger partial charge in [0.25, 0.3) is 11.8 Å². The van der Waals surface area contributed by atoms with Crippen LogP contribution >= 0.6 is 0 Å². The molecular weight excluding hydrogens is 550 g/mol. The lowest BCUT2D eigenvalue weighted by atomic mass is 9.78. The van der Waals surface area contributed by atoms with Crippen molar-refractivity contribution in [3.05, 3.63) is 145 Å². The summed E-state index contributed by atoms with van der Waals surface area (Å²) in [7, 11) is 0. The van der Waals surface area contributed by atoms with E-state index in [2.05, 4.69) is 97.1 Å². The van der Waals surface area contributed by atoms with Gasteiger partial charge in [-0.1, -0.05) is 141 Å². The minimum Gasteiger partial charge on any atom is -0.271 e. The zero-order valence-corrected chi connectivity index (χ0v) is 25.1. The molecule has 2 amide bonds. The first-order valence-electron chi connectivity index (χ1n) is 16.0.